The first-order valence-corrected chi connectivity index (χ1v) is 7.76. The van der Waals surface area contributed by atoms with Crippen molar-refractivity contribution in [1.29, 1.82) is 0 Å². The van der Waals surface area contributed by atoms with Gasteiger partial charge in [-0.2, -0.15) is 0 Å². The number of anilines is 1. The number of nitrogens with one attached hydrogen (secondary N) is 1. The minimum absolute atomic E-state index is 0.0217. The lowest BCUT2D eigenvalue weighted by Crippen LogP contribution is -2.44. The monoisotopic (exact) mass is 286 g/mol. The van der Waals surface area contributed by atoms with E-state index in [0.29, 0.717) is 6.54 Å². The molecule has 0 bridgehead atoms. The van der Waals surface area contributed by atoms with Gasteiger partial charge < -0.3 is 10.2 Å². The van der Waals surface area contributed by atoms with Crippen LogP contribution in [0.4, 0.5) is 5.69 Å². The van der Waals surface area contributed by atoms with Crippen LogP contribution in [-0.2, 0) is 9.59 Å². The number of benzene rings is 1. The molecule has 2 heterocycles. The maximum atomic E-state index is 12.3. The number of piperidine rings is 1. The van der Waals surface area contributed by atoms with Crippen molar-refractivity contribution < 1.29 is 9.59 Å². The molecule has 112 valence electrons. The Hall–Kier alpha value is -1.84. The second-order valence-corrected chi connectivity index (χ2v) is 6.40. The van der Waals surface area contributed by atoms with Crippen molar-refractivity contribution in [1.82, 2.24) is 4.90 Å². The topological polar surface area (TPSA) is 49.4 Å². The fourth-order valence-corrected chi connectivity index (χ4v) is 3.55. The molecule has 0 aromatic heterocycles. The van der Waals surface area contributed by atoms with Gasteiger partial charge in [-0.1, -0.05) is 32.0 Å². The summed E-state index contributed by atoms with van der Waals surface area (Å²) < 4.78 is 0. The van der Waals surface area contributed by atoms with Gasteiger partial charge in [0.2, 0.25) is 11.8 Å². The zero-order valence-electron chi connectivity index (χ0n) is 12.6. The third-order valence-electron chi connectivity index (χ3n) is 4.57. The quantitative estimate of drug-likeness (QED) is 0.908. The highest BCUT2D eigenvalue weighted by Gasteiger charge is 2.39. The highest BCUT2D eigenvalue weighted by molar-refractivity contribution is 6.03. The van der Waals surface area contributed by atoms with Gasteiger partial charge in [-0.05, 0) is 30.4 Å². The van der Waals surface area contributed by atoms with Crippen molar-refractivity contribution in [3.05, 3.63) is 29.8 Å². The van der Waals surface area contributed by atoms with E-state index in [-0.39, 0.29) is 29.6 Å². The van der Waals surface area contributed by atoms with Gasteiger partial charge in [0.1, 0.15) is 0 Å². The Morgan fingerprint density at radius 2 is 2.10 bits per heavy atom. The van der Waals surface area contributed by atoms with Gasteiger partial charge in [-0.15, -0.1) is 0 Å². The van der Waals surface area contributed by atoms with Crippen LogP contribution in [0.5, 0.6) is 0 Å². The first-order chi connectivity index (χ1) is 10.1. The van der Waals surface area contributed by atoms with Crippen LogP contribution >= 0.6 is 0 Å². The molecule has 1 aromatic carbocycles. The Labute approximate surface area is 125 Å². The van der Waals surface area contributed by atoms with Gasteiger partial charge in [-0.3, -0.25) is 9.59 Å². The summed E-state index contributed by atoms with van der Waals surface area (Å²) in [6, 6.07) is 7.90. The van der Waals surface area contributed by atoms with Crippen LogP contribution in [0.25, 0.3) is 0 Å². The van der Waals surface area contributed by atoms with Crippen LogP contribution in [0.2, 0.25) is 0 Å². The molecule has 21 heavy (non-hydrogen) atoms. The molecule has 4 nitrogen and oxygen atoms in total. The largest absolute Gasteiger partial charge is 0.342 e. The molecule has 1 saturated heterocycles. The summed E-state index contributed by atoms with van der Waals surface area (Å²) in [6.07, 6.45) is 1.99. The van der Waals surface area contributed by atoms with E-state index < -0.39 is 0 Å². The van der Waals surface area contributed by atoms with Gasteiger partial charge in [0, 0.05) is 24.7 Å². The maximum absolute atomic E-state index is 12.3. The van der Waals surface area contributed by atoms with E-state index in [4.69, 9.17) is 0 Å². The molecule has 2 aliphatic rings. The van der Waals surface area contributed by atoms with Gasteiger partial charge in [0.15, 0.2) is 0 Å². The van der Waals surface area contributed by atoms with Crippen LogP contribution in [0.3, 0.4) is 0 Å². The zero-order chi connectivity index (χ0) is 15.0. The second kappa shape index (κ2) is 5.51. The van der Waals surface area contributed by atoms with E-state index in [1.165, 1.54) is 0 Å². The summed E-state index contributed by atoms with van der Waals surface area (Å²) in [5, 5.41) is 2.97. The molecule has 0 spiro atoms. The predicted molar refractivity (Wildman–Crippen MR) is 82.0 cm³/mol. The molecule has 2 atom stereocenters. The van der Waals surface area contributed by atoms with Gasteiger partial charge in [0.25, 0.3) is 0 Å². The minimum Gasteiger partial charge on any atom is -0.342 e. The Morgan fingerprint density at radius 1 is 1.33 bits per heavy atom. The fourth-order valence-electron chi connectivity index (χ4n) is 3.55. The van der Waals surface area contributed by atoms with Crippen molar-refractivity contribution in [3.8, 4) is 0 Å². The number of carbonyl (C=O) groups is 2. The van der Waals surface area contributed by atoms with Crippen LogP contribution in [0, 0.1) is 11.8 Å². The highest BCUT2D eigenvalue weighted by atomic mass is 16.2. The molecule has 0 aliphatic carbocycles. The fraction of sp³-hybridized carbons (Fsp3) is 0.529. The first-order valence-electron chi connectivity index (χ1n) is 7.76. The average molecular weight is 286 g/mol. The number of rotatable bonds is 2. The summed E-state index contributed by atoms with van der Waals surface area (Å²) in [5.74, 6) is 0.425. The van der Waals surface area contributed by atoms with Crippen molar-refractivity contribution in [2.75, 3.05) is 18.4 Å². The van der Waals surface area contributed by atoms with E-state index in [1.54, 1.807) is 0 Å². The SMILES string of the molecule is CC(C)C(=O)N1CCC[C@H]([C@H]2C(=O)Nc3ccccc32)C1. The lowest BCUT2D eigenvalue weighted by atomic mass is 9.81. The van der Waals surface area contributed by atoms with Crippen molar-refractivity contribution in [2.45, 2.75) is 32.6 Å². The molecule has 2 aliphatic heterocycles. The number of nitrogens with zero attached hydrogens (tertiary/aromatic N) is 1. The van der Waals surface area contributed by atoms with Crippen molar-refractivity contribution in [2.24, 2.45) is 11.8 Å². The number of likely N-dealkylation sites (tertiary alicyclic amines) is 1. The smallest absolute Gasteiger partial charge is 0.232 e. The van der Waals surface area contributed by atoms with E-state index >= 15 is 0 Å². The van der Waals surface area contributed by atoms with E-state index in [9.17, 15) is 9.59 Å². The zero-order valence-corrected chi connectivity index (χ0v) is 12.6. The Balaban J connectivity index is 1.81. The number of para-hydroxylation sites is 1. The molecular weight excluding hydrogens is 264 g/mol. The molecule has 1 N–H and O–H groups in total. The minimum atomic E-state index is -0.107. The number of hydrogen-bond donors (Lipinski definition) is 1. The van der Waals surface area contributed by atoms with E-state index in [1.807, 2.05) is 43.0 Å². The van der Waals surface area contributed by atoms with Crippen LogP contribution in [-0.4, -0.2) is 29.8 Å². The first kappa shape index (κ1) is 14.1. The van der Waals surface area contributed by atoms with Gasteiger partial charge >= 0.3 is 0 Å². The summed E-state index contributed by atoms with van der Waals surface area (Å²) >= 11 is 0. The van der Waals surface area contributed by atoms with Crippen molar-refractivity contribution in [3.63, 3.8) is 0 Å². The lowest BCUT2D eigenvalue weighted by molar-refractivity contribution is -0.137. The number of hydrogen-bond acceptors (Lipinski definition) is 2. The highest BCUT2D eigenvalue weighted by Crippen LogP contribution is 2.40. The second-order valence-electron chi connectivity index (χ2n) is 6.40. The molecule has 4 heteroatoms. The molecule has 3 rings (SSSR count). The van der Waals surface area contributed by atoms with Gasteiger partial charge in [-0.25, -0.2) is 0 Å². The number of carbonyl (C=O) groups excluding carboxylic acids is 2. The molecule has 1 aromatic rings. The molecule has 0 saturated carbocycles. The van der Waals surface area contributed by atoms with Gasteiger partial charge in [0.05, 0.1) is 5.92 Å². The number of amides is 2. The van der Waals surface area contributed by atoms with Crippen LogP contribution in [0.15, 0.2) is 24.3 Å². The Morgan fingerprint density at radius 3 is 2.86 bits per heavy atom. The average Bonchev–Trinajstić information content (AvgIpc) is 2.82. The molecule has 2 amide bonds. The third-order valence-corrected chi connectivity index (χ3v) is 4.57. The summed E-state index contributed by atoms with van der Waals surface area (Å²) in [7, 11) is 0. The lowest BCUT2D eigenvalue weighted by Gasteiger charge is -2.36. The summed E-state index contributed by atoms with van der Waals surface area (Å²) in [5.41, 5.74) is 2.02. The molecule has 1 fully saturated rings. The summed E-state index contributed by atoms with van der Waals surface area (Å²) in [4.78, 5) is 26.5. The molecular formula is C17H22N2O2. The molecule has 0 radical (unpaired) electrons. The maximum Gasteiger partial charge on any atom is 0.232 e. The Kier molecular flexibility index (Phi) is 3.70. The third kappa shape index (κ3) is 2.55. The van der Waals surface area contributed by atoms with Crippen LogP contribution in [0.1, 0.15) is 38.2 Å². The number of fused-ring (bicyclic) bond motifs is 1. The summed E-state index contributed by atoms with van der Waals surface area (Å²) in [6.45, 7) is 5.39. The predicted octanol–water partition coefficient (Wildman–Crippen LogP) is 2.62. The van der Waals surface area contributed by atoms with Crippen molar-refractivity contribution >= 4 is 17.5 Å². The van der Waals surface area contributed by atoms with E-state index in [0.717, 1.165) is 30.6 Å². The van der Waals surface area contributed by atoms with Crippen LogP contribution < -0.4 is 5.32 Å². The Bertz CT molecular complexity index is 568. The molecule has 0 unspecified atom stereocenters. The van der Waals surface area contributed by atoms with E-state index in [2.05, 4.69) is 5.32 Å². The standard InChI is InChI=1S/C17H22N2O2/c1-11(2)17(21)19-9-5-6-12(10-19)15-13-7-3-4-8-14(13)18-16(15)20/h3-4,7-8,11-12,15H,5-6,9-10H2,1-2H3,(H,18,20)/t12-,15+/m0/s1. The normalized spacial score (nSPS) is 24.9.